The molecule has 2 atom stereocenters. The predicted octanol–water partition coefficient (Wildman–Crippen LogP) is 4.05. The van der Waals surface area contributed by atoms with Crippen molar-refractivity contribution in [3.05, 3.63) is 59.1 Å². The number of hydrogen-bond acceptors (Lipinski definition) is 4. The average Bonchev–Trinajstić information content (AvgIpc) is 2.72. The molecule has 7 nitrogen and oxygen atoms in total. The van der Waals surface area contributed by atoms with Gasteiger partial charge in [-0.05, 0) is 56.2 Å². The van der Waals surface area contributed by atoms with Crippen molar-refractivity contribution in [3.8, 4) is 0 Å². The molecule has 9 heteroatoms. The second-order valence-electron chi connectivity index (χ2n) is 7.28. The van der Waals surface area contributed by atoms with Crippen molar-refractivity contribution in [3.63, 3.8) is 0 Å². The topological polar surface area (TPSA) is 95.6 Å². The molecule has 0 heterocycles. The first-order chi connectivity index (χ1) is 14.6. The molecule has 0 saturated heterocycles. The number of rotatable bonds is 9. The lowest BCUT2D eigenvalue weighted by Crippen LogP contribution is -2.47. The molecule has 168 valence electrons. The maximum atomic E-state index is 13.2. The van der Waals surface area contributed by atoms with E-state index in [1.807, 2.05) is 13.8 Å². The zero-order valence-electron chi connectivity index (χ0n) is 18.1. The first-order valence-electron chi connectivity index (χ1n) is 10.0. The summed E-state index contributed by atoms with van der Waals surface area (Å²) in [5.74, 6) is -0.845. The van der Waals surface area contributed by atoms with Gasteiger partial charge in [-0.15, -0.1) is 0 Å². The van der Waals surface area contributed by atoms with Gasteiger partial charge < -0.3 is 10.6 Å². The smallest absolute Gasteiger partial charge is 0.253 e. The standard InChI is InChI=1S/C22H28ClN3O4S/c1-5-15(3)24-21(27)18-9-7-8-10-19(18)25-22(28)20(6-2)26(31(4,29)30)17-13-11-16(23)12-14-17/h7-15,20H,5-6H2,1-4H3,(H,24,27)(H,25,28)/t15-,20-/m1/s1. The van der Waals surface area contributed by atoms with E-state index in [2.05, 4.69) is 10.6 Å². The van der Waals surface area contributed by atoms with Crippen LogP contribution in [0.25, 0.3) is 0 Å². The van der Waals surface area contributed by atoms with E-state index in [9.17, 15) is 18.0 Å². The molecule has 0 fully saturated rings. The van der Waals surface area contributed by atoms with Crippen molar-refractivity contribution in [2.24, 2.45) is 0 Å². The van der Waals surface area contributed by atoms with Crippen molar-refractivity contribution in [2.45, 2.75) is 45.7 Å². The Morgan fingerprint density at radius 1 is 1.03 bits per heavy atom. The van der Waals surface area contributed by atoms with E-state index in [1.165, 1.54) is 0 Å². The fraction of sp³-hybridized carbons (Fsp3) is 0.364. The Balaban J connectivity index is 2.36. The van der Waals surface area contributed by atoms with Gasteiger partial charge in [0.1, 0.15) is 6.04 Å². The molecule has 2 aromatic carbocycles. The maximum Gasteiger partial charge on any atom is 0.253 e. The number of nitrogens with zero attached hydrogens (tertiary/aromatic N) is 1. The SMILES string of the molecule is CC[C@@H](C)NC(=O)c1ccccc1NC(=O)[C@@H](CC)N(c1ccc(Cl)cc1)S(C)(=O)=O. The molecule has 2 rings (SSSR count). The first kappa shape index (κ1) is 24.7. The second kappa shape index (κ2) is 10.6. The van der Waals surface area contributed by atoms with Crippen molar-refractivity contribution < 1.29 is 18.0 Å². The summed E-state index contributed by atoms with van der Waals surface area (Å²) in [6.45, 7) is 5.57. The van der Waals surface area contributed by atoms with Crippen LogP contribution in [0.15, 0.2) is 48.5 Å². The van der Waals surface area contributed by atoms with E-state index in [4.69, 9.17) is 11.6 Å². The van der Waals surface area contributed by atoms with E-state index in [0.717, 1.165) is 17.0 Å². The lowest BCUT2D eigenvalue weighted by atomic mass is 10.1. The van der Waals surface area contributed by atoms with Gasteiger partial charge in [-0.25, -0.2) is 8.42 Å². The van der Waals surface area contributed by atoms with Crippen LogP contribution in [0.5, 0.6) is 0 Å². The van der Waals surface area contributed by atoms with Gasteiger partial charge in [-0.3, -0.25) is 13.9 Å². The Morgan fingerprint density at radius 3 is 2.19 bits per heavy atom. The van der Waals surface area contributed by atoms with Crippen molar-refractivity contribution >= 4 is 44.8 Å². The van der Waals surface area contributed by atoms with Crippen LogP contribution in [0.4, 0.5) is 11.4 Å². The largest absolute Gasteiger partial charge is 0.350 e. The number of nitrogens with one attached hydrogen (secondary N) is 2. The molecule has 0 bridgehead atoms. The fourth-order valence-corrected chi connectivity index (χ4v) is 4.40. The highest BCUT2D eigenvalue weighted by molar-refractivity contribution is 7.92. The number of anilines is 2. The van der Waals surface area contributed by atoms with E-state index < -0.39 is 22.0 Å². The van der Waals surface area contributed by atoms with Crippen LogP contribution >= 0.6 is 11.6 Å². The molecule has 31 heavy (non-hydrogen) atoms. The molecule has 2 aromatic rings. The van der Waals surface area contributed by atoms with Crippen molar-refractivity contribution in [2.75, 3.05) is 15.9 Å². The van der Waals surface area contributed by atoms with Crippen molar-refractivity contribution in [1.82, 2.24) is 5.32 Å². The highest BCUT2D eigenvalue weighted by atomic mass is 35.5. The van der Waals surface area contributed by atoms with Crippen molar-refractivity contribution in [1.29, 1.82) is 0 Å². The number of para-hydroxylation sites is 1. The molecule has 0 radical (unpaired) electrons. The minimum absolute atomic E-state index is 0.0229. The van der Waals surface area contributed by atoms with Gasteiger partial charge in [-0.2, -0.15) is 0 Å². The van der Waals surface area contributed by atoms with E-state index in [-0.39, 0.29) is 18.4 Å². The third-order valence-corrected chi connectivity index (χ3v) is 6.26. The molecule has 0 aromatic heterocycles. The summed E-state index contributed by atoms with van der Waals surface area (Å²) in [5.41, 5.74) is 0.955. The Bertz CT molecular complexity index is 1030. The van der Waals surface area contributed by atoms with Gasteiger partial charge >= 0.3 is 0 Å². The fourth-order valence-electron chi connectivity index (χ4n) is 3.06. The number of halogens is 1. The summed E-state index contributed by atoms with van der Waals surface area (Å²) < 4.78 is 26.2. The number of hydrogen-bond donors (Lipinski definition) is 2. The van der Waals surface area contributed by atoms with E-state index in [1.54, 1.807) is 55.5 Å². The van der Waals surface area contributed by atoms with E-state index in [0.29, 0.717) is 22.0 Å². The van der Waals surface area contributed by atoms with Crippen LogP contribution in [0.3, 0.4) is 0 Å². The molecule has 0 aliphatic rings. The van der Waals surface area contributed by atoms with Crippen LogP contribution in [-0.2, 0) is 14.8 Å². The summed E-state index contributed by atoms with van der Waals surface area (Å²) in [6.07, 6.45) is 2.04. The zero-order chi connectivity index (χ0) is 23.2. The highest BCUT2D eigenvalue weighted by Crippen LogP contribution is 2.25. The highest BCUT2D eigenvalue weighted by Gasteiger charge is 2.32. The quantitative estimate of drug-likeness (QED) is 0.583. The summed E-state index contributed by atoms with van der Waals surface area (Å²) in [7, 11) is -3.78. The molecule has 0 unspecified atom stereocenters. The molecule has 0 spiro atoms. The van der Waals surface area contributed by atoms with Gasteiger partial charge in [0.2, 0.25) is 15.9 Å². The second-order valence-corrected chi connectivity index (χ2v) is 9.57. The van der Waals surface area contributed by atoms with Crippen LogP contribution in [0, 0.1) is 0 Å². The number of carbonyl (C=O) groups is 2. The molecule has 0 saturated carbocycles. The van der Waals surface area contributed by atoms with Gasteiger partial charge in [0, 0.05) is 11.1 Å². The summed E-state index contributed by atoms with van der Waals surface area (Å²) in [4.78, 5) is 25.8. The first-order valence-corrected chi connectivity index (χ1v) is 12.3. The van der Waals surface area contributed by atoms with Crippen LogP contribution in [0.2, 0.25) is 5.02 Å². The summed E-state index contributed by atoms with van der Waals surface area (Å²) in [5, 5.41) is 6.06. The third kappa shape index (κ3) is 6.45. The van der Waals surface area contributed by atoms with Gasteiger partial charge in [-0.1, -0.05) is 37.6 Å². The third-order valence-electron chi connectivity index (χ3n) is 4.83. The van der Waals surface area contributed by atoms with Crippen LogP contribution in [-0.4, -0.2) is 38.6 Å². The van der Waals surface area contributed by atoms with Crippen LogP contribution in [0.1, 0.15) is 44.0 Å². The zero-order valence-corrected chi connectivity index (χ0v) is 19.6. The lowest BCUT2D eigenvalue weighted by molar-refractivity contribution is -0.117. The minimum Gasteiger partial charge on any atom is -0.350 e. The normalized spacial score (nSPS) is 13.2. The van der Waals surface area contributed by atoms with E-state index >= 15 is 0 Å². The Hall–Kier alpha value is -2.58. The Labute approximate surface area is 188 Å². The average molecular weight is 466 g/mol. The number of sulfonamides is 1. The molecule has 2 N–H and O–H groups in total. The lowest BCUT2D eigenvalue weighted by Gasteiger charge is -2.30. The number of carbonyl (C=O) groups excluding carboxylic acids is 2. The molecular formula is C22H28ClN3O4S. The summed E-state index contributed by atoms with van der Waals surface area (Å²) >= 11 is 5.92. The molecule has 0 aliphatic heterocycles. The monoisotopic (exact) mass is 465 g/mol. The molecule has 0 aliphatic carbocycles. The molecule has 2 amide bonds. The van der Waals surface area contributed by atoms with Gasteiger partial charge in [0.05, 0.1) is 23.2 Å². The Kier molecular flexibility index (Phi) is 8.47. The summed E-state index contributed by atoms with van der Waals surface area (Å²) in [6, 6.07) is 11.8. The number of amides is 2. The number of benzene rings is 2. The minimum atomic E-state index is -3.78. The van der Waals surface area contributed by atoms with Crippen LogP contribution < -0.4 is 14.9 Å². The molecular weight excluding hydrogens is 438 g/mol. The maximum absolute atomic E-state index is 13.2. The Morgan fingerprint density at radius 2 is 1.65 bits per heavy atom. The van der Waals surface area contributed by atoms with Gasteiger partial charge in [0.25, 0.3) is 5.91 Å². The predicted molar refractivity (Wildman–Crippen MR) is 125 cm³/mol. The van der Waals surface area contributed by atoms with Gasteiger partial charge in [0.15, 0.2) is 0 Å².